The van der Waals surface area contributed by atoms with Crippen molar-refractivity contribution >= 4 is 17.8 Å². The second kappa shape index (κ2) is 10.6. The Morgan fingerprint density at radius 1 is 1.14 bits per heavy atom. The van der Waals surface area contributed by atoms with Gasteiger partial charge in [0.2, 0.25) is 17.6 Å². The molecular weight excluding hydrogens is 466 g/mol. The van der Waals surface area contributed by atoms with E-state index < -0.39 is 5.91 Å². The summed E-state index contributed by atoms with van der Waals surface area (Å²) in [7, 11) is 4.55. The Balaban J connectivity index is 1.66. The van der Waals surface area contributed by atoms with Crippen molar-refractivity contribution in [2.75, 3.05) is 26.6 Å². The summed E-state index contributed by atoms with van der Waals surface area (Å²) in [5, 5.41) is 7.26. The molecule has 0 saturated heterocycles. The fourth-order valence-corrected chi connectivity index (χ4v) is 3.49. The molecule has 0 bridgehead atoms. The largest absolute Gasteiger partial charge is 0.493 e. The van der Waals surface area contributed by atoms with Gasteiger partial charge in [0.25, 0.3) is 5.56 Å². The lowest BCUT2D eigenvalue weighted by atomic mass is 10.1. The third kappa shape index (κ3) is 5.14. The van der Waals surface area contributed by atoms with Crippen LogP contribution in [0.15, 0.2) is 57.9 Å². The van der Waals surface area contributed by atoms with E-state index in [1.54, 1.807) is 36.4 Å². The monoisotopic (exact) mass is 491 g/mol. The van der Waals surface area contributed by atoms with Crippen LogP contribution in [0.4, 0.5) is 5.82 Å². The van der Waals surface area contributed by atoms with E-state index in [0.29, 0.717) is 46.4 Å². The number of H-pyrrole nitrogens is 1. The first kappa shape index (κ1) is 24.3. The normalized spacial score (nSPS) is 11.0. The predicted molar refractivity (Wildman–Crippen MR) is 133 cm³/mol. The number of hydrogen-bond donors (Lipinski definition) is 2. The summed E-state index contributed by atoms with van der Waals surface area (Å²) >= 11 is 0. The summed E-state index contributed by atoms with van der Waals surface area (Å²) < 4.78 is 22.8. The summed E-state index contributed by atoms with van der Waals surface area (Å²) in [4.78, 5) is 32.1. The SMILES string of the molecule is CCc1cc(=O)[nH]c(-n2nc(-c3ccco3)cc2NC(=O)C=Cc2cc(OC)c(OC)c(OC)c2)n1. The van der Waals surface area contributed by atoms with Crippen molar-refractivity contribution in [1.82, 2.24) is 19.7 Å². The van der Waals surface area contributed by atoms with Crippen LogP contribution in [0.1, 0.15) is 18.2 Å². The van der Waals surface area contributed by atoms with Crippen molar-refractivity contribution in [2.45, 2.75) is 13.3 Å². The maximum Gasteiger partial charge on any atom is 0.252 e. The third-order valence-electron chi connectivity index (χ3n) is 5.19. The Morgan fingerprint density at radius 2 is 1.89 bits per heavy atom. The fourth-order valence-electron chi connectivity index (χ4n) is 3.49. The smallest absolute Gasteiger partial charge is 0.252 e. The molecule has 4 rings (SSSR count). The van der Waals surface area contributed by atoms with Crippen molar-refractivity contribution in [3.05, 3.63) is 70.3 Å². The lowest BCUT2D eigenvalue weighted by Crippen LogP contribution is -2.18. The molecule has 0 saturated carbocycles. The van der Waals surface area contributed by atoms with Gasteiger partial charge >= 0.3 is 0 Å². The number of benzene rings is 1. The number of anilines is 1. The molecule has 1 amide bonds. The number of hydrogen-bond acceptors (Lipinski definition) is 8. The van der Waals surface area contributed by atoms with Crippen molar-refractivity contribution < 1.29 is 23.4 Å². The number of carbonyl (C=O) groups is 1. The average molecular weight is 492 g/mol. The van der Waals surface area contributed by atoms with Crippen molar-refractivity contribution in [1.29, 1.82) is 0 Å². The molecule has 0 unspecified atom stereocenters. The van der Waals surface area contributed by atoms with Crippen LogP contribution >= 0.6 is 0 Å². The number of rotatable bonds is 9. The fraction of sp³-hybridized carbons (Fsp3) is 0.200. The highest BCUT2D eigenvalue weighted by molar-refractivity contribution is 6.01. The highest BCUT2D eigenvalue weighted by Gasteiger charge is 2.17. The summed E-state index contributed by atoms with van der Waals surface area (Å²) in [6, 6.07) is 9.94. The van der Waals surface area contributed by atoms with Gasteiger partial charge in [0.15, 0.2) is 17.3 Å². The maximum absolute atomic E-state index is 12.8. The van der Waals surface area contributed by atoms with Crippen LogP contribution in [0, 0.1) is 0 Å². The summed E-state index contributed by atoms with van der Waals surface area (Å²) in [5.74, 6) is 1.88. The van der Waals surface area contributed by atoms with Gasteiger partial charge in [0, 0.05) is 23.9 Å². The Hall–Kier alpha value is -4.80. The van der Waals surface area contributed by atoms with E-state index >= 15 is 0 Å². The van der Waals surface area contributed by atoms with Crippen molar-refractivity contribution in [2.24, 2.45) is 0 Å². The quantitative estimate of drug-likeness (QED) is 0.340. The van der Waals surface area contributed by atoms with E-state index in [2.05, 4.69) is 20.4 Å². The van der Waals surface area contributed by atoms with Crippen molar-refractivity contribution in [3.8, 4) is 34.7 Å². The Morgan fingerprint density at radius 3 is 2.50 bits per heavy atom. The highest BCUT2D eigenvalue weighted by Crippen LogP contribution is 2.38. The maximum atomic E-state index is 12.8. The zero-order chi connectivity index (χ0) is 25.7. The van der Waals surface area contributed by atoms with Crippen LogP contribution in [-0.2, 0) is 11.2 Å². The van der Waals surface area contributed by atoms with Crippen LogP contribution < -0.4 is 25.1 Å². The molecule has 0 atom stereocenters. The summed E-state index contributed by atoms with van der Waals surface area (Å²) in [5.41, 5.74) is 1.37. The average Bonchev–Trinajstić information content (AvgIpc) is 3.56. The van der Waals surface area contributed by atoms with Crippen LogP contribution in [0.2, 0.25) is 0 Å². The topological polar surface area (TPSA) is 134 Å². The van der Waals surface area contributed by atoms with Gasteiger partial charge in [-0.2, -0.15) is 9.78 Å². The number of nitrogens with zero attached hydrogens (tertiary/aromatic N) is 3. The van der Waals surface area contributed by atoms with E-state index in [1.165, 1.54) is 44.4 Å². The molecule has 0 radical (unpaired) electrons. The van der Waals surface area contributed by atoms with E-state index in [-0.39, 0.29) is 17.3 Å². The second-order valence-corrected chi connectivity index (χ2v) is 7.50. The van der Waals surface area contributed by atoms with Gasteiger partial charge in [0.05, 0.1) is 27.6 Å². The minimum Gasteiger partial charge on any atom is -0.493 e. The molecule has 36 heavy (non-hydrogen) atoms. The van der Waals surface area contributed by atoms with Crippen LogP contribution in [-0.4, -0.2) is 47.0 Å². The predicted octanol–water partition coefficient (Wildman–Crippen LogP) is 3.46. The van der Waals surface area contributed by atoms with Gasteiger partial charge in [-0.05, 0) is 42.3 Å². The van der Waals surface area contributed by atoms with Gasteiger partial charge in [-0.25, -0.2) is 4.98 Å². The third-order valence-corrected chi connectivity index (χ3v) is 5.19. The number of furan rings is 1. The van der Waals surface area contributed by atoms with E-state index in [4.69, 9.17) is 18.6 Å². The minimum absolute atomic E-state index is 0.168. The first-order chi connectivity index (χ1) is 17.4. The molecule has 11 nitrogen and oxygen atoms in total. The lowest BCUT2D eigenvalue weighted by molar-refractivity contribution is -0.111. The zero-order valence-electron chi connectivity index (χ0n) is 20.2. The van der Waals surface area contributed by atoms with Crippen LogP contribution in [0.3, 0.4) is 0 Å². The summed E-state index contributed by atoms with van der Waals surface area (Å²) in [6.07, 6.45) is 5.03. The Kier molecular flexibility index (Phi) is 7.19. The lowest BCUT2D eigenvalue weighted by Gasteiger charge is -2.12. The molecule has 3 aromatic heterocycles. The second-order valence-electron chi connectivity index (χ2n) is 7.50. The van der Waals surface area contributed by atoms with Gasteiger partial charge < -0.3 is 23.9 Å². The molecule has 0 fully saturated rings. The number of amides is 1. The molecule has 4 aromatic rings. The van der Waals surface area contributed by atoms with Gasteiger partial charge in [-0.3, -0.25) is 14.6 Å². The first-order valence-corrected chi connectivity index (χ1v) is 11.0. The molecule has 0 aliphatic heterocycles. The molecule has 0 aliphatic rings. The van der Waals surface area contributed by atoms with E-state index in [9.17, 15) is 9.59 Å². The summed E-state index contributed by atoms with van der Waals surface area (Å²) in [6.45, 7) is 1.89. The van der Waals surface area contributed by atoms with E-state index in [0.717, 1.165) is 0 Å². The van der Waals surface area contributed by atoms with Gasteiger partial charge in [-0.1, -0.05) is 6.92 Å². The number of aromatic amines is 1. The number of aryl methyl sites for hydroxylation is 1. The molecule has 186 valence electrons. The Bertz CT molecular complexity index is 1430. The van der Waals surface area contributed by atoms with Gasteiger partial charge in [-0.15, -0.1) is 0 Å². The molecule has 0 aliphatic carbocycles. The number of ether oxygens (including phenoxy) is 3. The first-order valence-electron chi connectivity index (χ1n) is 11.0. The van der Waals surface area contributed by atoms with Crippen molar-refractivity contribution in [3.63, 3.8) is 0 Å². The number of methoxy groups -OCH3 is 3. The van der Waals surface area contributed by atoms with Crippen LogP contribution in [0.5, 0.6) is 17.2 Å². The zero-order valence-corrected chi connectivity index (χ0v) is 20.2. The highest BCUT2D eigenvalue weighted by atomic mass is 16.5. The molecule has 1 aromatic carbocycles. The Labute approximate surface area is 206 Å². The number of aromatic nitrogens is 4. The standard InChI is InChI=1S/C25H25N5O6/c1-5-16-13-23(32)28-25(26-16)30-21(14-17(29-30)18-7-6-10-36-18)27-22(31)9-8-15-11-19(33-2)24(35-4)20(12-15)34-3/h6-14H,5H2,1-4H3,(H,27,31)(H,26,28,32). The van der Waals surface area contributed by atoms with E-state index in [1.807, 2.05) is 6.92 Å². The molecule has 2 N–H and O–H groups in total. The van der Waals surface area contributed by atoms with Gasteiger partial charge in [0.1, 0.15) is 11.5 Å². The number of nitrogens with one attached hydrogen (secondary N) is 2. The number of carbonyl (C=O) groups excluding carboxylic acids is 1. The van der Waals surface area contributed by atoms with Crippen LogP contribution in [0.25, 0.3) is 23.5 Å². The molecule has 11 heteroatoms. The molecular formula is C25H25N5O6. The molecule has 0 spiro atoms. The molecule has 3 heterocycles. The minimum atomic E-state index is -0.440.